The second kappa shape index (κ2) is 4.10. The van der Waals surface area contributed by atoms with Crippen LogP contribution in [0.1, 0.15) is 20.8 Å². The van der Waals surface area contributed by atoms with Gasteiger partial charge in [0.05, 0.1) is 5.56 Å². The Morgan fingerprint density at radius 3 is 2.50 bits per heavy atom. The Hall–Kier alpha value is -1.61. The first-order chi connectivity index (χ1) is 7.59. The Balaban J connectivity index is 2.58. The Morgan fingerprint density at radius 2 is 1.94 bits per heavy atom. The number of carbonyl (C=O) groups is 1. The van der Waals surface area contributed by atoms with Crippen LogP contribution in [0.2, 0.25) is 0 Å². The normalized spacial score (nSPS) is 10.4. The third-order valence-electron chi connectivity index (χ3n) is 2.57. The van der Waals surface area contributed by atoms with E-state index in [4.69, 9.17) is 5.11 Å². The number of carboxylic acids is 1. The van der Waals surface area contributed by atoms with Gasteiger partial charge in [-0.25, -0.2) is 4.79 Å². The molecule has 0 fully saturated rings. The molecule has 0 spiro atoms. The molecule has 0 bridgehead atoms. The fourth-order valence-electron chi connectivity index (χ4n) is 1.71. The standard InChI is InChI=1S/C13H12O2S/c1-8-6-7-12(16-8)10-4-3-5-11(9(10)2)13(14)15/h3-7H,1-2H3,(H,14,15). The van der Waals surface area contributed by atoms with E-state index < -0.39 is 5.97 Å². The predicted octanol–water partition coefficient (Wildman–Crippen LogP) is 3.73. The van der Waals surface area contributed by atoms with Crippen molar-refractivity contribution < 1.29 is 9.90 Å². The Bertz CT molecular complexity index is 541. The molecule has 82 valence electrons. The summed E-state index contributed by atoms with van der Waals surface area (Å²) in [7, 11) is 0. The molecule has 2 rings (SSSR count). The summed E-state index contributed by atoms with van der Waals surface area (Å²) >= 11 is 1.68. The number of benzene rings is 1. The van der Waals surface area contributed by atoms with Crippen LogP contribution >= 0.6 is 11.3 Å². The maximum absolute atomic E-state index is 11.0. The van der Waals surface area contributed by atoms with Gasteiger partial charge < -0.3 is 5.11 Å². The van der Waals surface area contributed by atoms with Crippen LogP contribution in [0.25, 0.3) is 10.4 Å². The van der Waals surface area contributed by atoms with Crippen LogP contribution < -0.4 is 0 Å². The van der Waals surface area contributed by atoms with Gasteiger partial charge in [0.1, 0.15) is 0 Å². The van der Waals surface area contributed by atoms with E-state index in [9.17, 15) is 4.79 Å². The van der Waals surface area contributed by atoms with E-state index in [1.54, 1.807) is 23.5 Å². The van der Waals surface area contributed by atoms with Gasteiger partial charge in [-0.15, -0.1) is 11.3 Å². The summed E-state index contributed by atoms with van der Waals surface area (Å²) in [4.78, 5) is 13.4. The lowest BCUT2D eigenvalue weighted by Gasteiger charge is -2.06. The molecule has 0 unspecified atom stereocenters. The molecule has 1 heterocycles. The molecule has 1 N–H and O–H groups in total. The molecule has 0 amide bonds. The van der Waals surface area contributed by atoms with Crippen molar-refractivity contribution in [1.82, 2.24) is 0 Å². The van der Waals surface area contributed by atoms with Gasteiger partial charge in [-0.1, -0.05) is 12.1 Å². The zero-order valence-electron chi connectivity index (χ0n) is 9.15. The molecule has 16 heavy (non-hydrogen) atoms. The molecule has 0 saturated carbocycles. The highest BCUT2D eigenvalue weighted by atomic mass is 32.1. The monoisotopic (exact) mass is 232 g/mol. The summed E-state index contributed by atoms with van der Waals surface area (Å²) in [6.07, 6.45) is 0. The lowest BCUT2D eigenvalue weighted by molar-refractivity contribution is 0.0696. The first-order valence-corrected chi connectivity index (χ1v) is 5.81. The Labute approximate surface area is 98.2 Å². The largest absolute Gasteiger partial charge is 0.478 e. The second-order valence-corrected chi connectivity index (χ2v) is 4.98. The first-order valence-electron chi connectivity index (χ1n) is 4.99. The van der Waals surface area contributed by atoms with Crippen molar-refractivity contribution in [3.8, 4) is 10.4 Å². The highest BCUT2D eigenvalue weighted by Gasteiger charge is 2.11. The molecule has 0 saturated heterocycles. The lowest BCUT2D eigenvalue weighted by Crippen LogP contribution is -2.00. The molecule has 0 aliphatic rings. The van der Waals surface area contributed by atoms with E-state index in [1.165, 1.54) is 4.88 Å². The minimum Gasteiger partial charge on any atom is -0.478 e. The third-order valence-corrected chi connectivity index (χ3v) is 3.60. The number of thiophene rings is 1. The summed E-state index contributed by atoms with van der Waals surface area (Å²) < 4.78 is 0. The summed E-state index contributed by atoms with van der Waals surface area (Å²) in [5.74, 6) is -0.868. The zero-order chi connectivity index (χ0) is 11.7. The number of aryl methyl sites for hydroxylation is 1. The van der Waals surface area contributed by atoms with Crippen LogP contribution in [0.15, 0.2) is 30.3 Å². The molecular weight excluding hydrogens is 220 g/mol. The molecule has 2 aromatic rings. The fraction of sp³-hybridized carbons (Fsp3) is 0.154. The maximum Gasteiger partial charge on any atom is 0.335 e. The Morgan fingerprint density at radius 1 is 1.19 bits per heavy atom. The van der Waals surface area contributed by atoms with Gasteiger partial charge in [0.2, 0.25) is 0 Å². The first kappa shape index (κ1) is 10.9. The zero-order valence-corrected chi connectivity index (χ0v) is 9.97. The van der Waals surface area contributed by atoms with Gasteiger partial charge in [0.25, 0.3) is 0 Å². The van der Waals surface area contributed by atoms with Gasteiger partial charge in [-0.2, -0.15) is 0 Å². The van der Waals surface area contributed by atoms with Crippen LogP contribution in [0.3, 0.4) is 0 Å². The number of hydrogen-bond donors (Lipinski definition) is 1. The molecule has 1 aromatic heterocycles. The summed E-state index contributed by atoms with van der Waals surface area (Å²) in [6.45, 7) is 3.90. The van der Waals surface area contributed by atoms with Crippen molar-refractivity contribution in [1.29, 1.82) is 0 Å². The van der Waals surface area contributed by atoms with Gasteiger partial charge >= 0.3 is 5.97 Å². The smallest absolute Gasteiger partial charge is 0.335 e. The molecule has 3 heteroatoms. The molecule has 0 aliphatic heterocycles. The van der Waals surface area contributed by atoms with Crippen LogP contribution in [0.4, 0.5) is 0 Å². The van der Waals surface area contributed by atoms with Crippen molar-refractivity contribution in [3.63, 3.8) is 0 Å². The molecule has 0 aliphatic carbocycles. The predicted molar refractivity (Wildman–Crippen MR) is 66.2 cm³/mol. The summed E-state index contributed by atoms with van der Waals surface area (Å²) in [5.41, 5.74) is 2.22. The lowest BCUT2D eigenvalue weighted by atomic mass is 10.0. The van der Waals surface area contributed by atoms with E-state index in [0.717, 1.165) is 16.0 Å². The van der Waals surface area contributed by atoms with Gasteiger partial charge in [-0.3, -0.25) is 0 Å². The quantitative estimate of drug-likeness (QED) is 0.856. The second-order valence-electron chi connectivity index (χ2n) is 3.69. The van der Waals surface area contributed by atoms with Crippen molar-refractivity contribution in [2.24, 2.45) is 0 Å². The summed E-state index contributed by atoms with van der Waals surface area (Å²) in [5, 5.41) is 9.05. The number of aromatic carboxylic acids is 1. The van der Waals surface area contributed by atoms with Crippen LogP contribution in [0.5, 0.6) is 0 Å². The van der Waals surface area contributed by atoms with Crippen molar-refractivity contribution in [2.45, 2.75) is 13.8 Å². The molecule has 0 atom stereocenters. The van der Waals surface area contributed by atoms with E-state index in [2.05, 4.69) is 0 Å². The SMILES string of the molecule is Cc1ccc(-c2cccc(C(=O)O)c2C)s1. The van der Waals surface area contributed by atoms with E-state index in [-0.39, 0.29) is 0 Å². The van der Waals surface area contributed by atoms with Crippen molar-refractivity contribution in [3.05, 3.63) is 46.3 Å². The highest BCUT2D eigenvalue weighted by molar-refractivity contribution is 7.15. The van der Waals surface area contributed by atoms with Crippen LogP contribution in [-0.2, 0) is 0 Å². The molecule has 1 aromatic carbocycles. The number of carboxylic acid groups (broad SMARTS) is 1. The van der Waals surface area contributed by atoms with Gasteiger partial charge in [0.15, 0.2) is 0 Å². The van der Waals surface area contributed by atoms with E-state index >= 15 is 0 Å². The third kappa shape index (κ3) is 1.86. The van der Waals surface area contributed by atoms with Crippen LogP contribution in [-0.4, -0.2) is 11.1 Å². The highest BCUT2D eigenvalue weighted by Crippen LogP contribution is 2.31. The average Bonchev–Trinajstić information content (AvgIpc) is 2.64. The molecule has 2 nitrogen and oxygen atoms in total. The van der Waals surface area contributed by atoms with Crippen LogP contribution in [0, 0.1) is 13.8 Å². The summed E-state index contributed by atoms with van der Waals surface area (Å²) in [6, 6.07) is 9.48. The van der Waals surface area contributed by atoms with Gasteiger partial charge in [0, 0.05) is 9.75 Å². The minimum absolute atomic E-state index is 0.378. The average molecular weight is 232 g/mol. The number of hydrogen-bond acceptors (Lipinski definition) is 2. The molecule has 0 radical (unpaired) electrons. The minimum atomic E-state index is -0.868. The van der Waals surface area contributed by atoms with Crippen molar-refractivity contribution in [2.75, 3.05) is 0 Å². The van der Waals surface area contributed by atoms with E-state index in [0.29, 0.717) is 5.56 Å². The Kier molecular flexibility index (Phi) is 2.79. The van der Waals surface area contributed by atoms with Crippen molar-refractivity contribution >= 4 is 17.3 Å². The fourth-order valence-corrected chi connectivity index (χ4v) is 2.66. The number of rotatable bonds is 2. The van der Waals surface area contributed by atoms with Gasteiger partial charge in [-0.05, 0) is 43.2 Å². The molecular formula is C13H12O2S. The van der Waals surface area contributed by atoms with E-state index in [1.807, 2.05) is 32.0 Å². The maximum atomic E-state index is 11.0. The topological polar surface area (TPSA) is 37.3 Å².